The van der Waals surface area contributed by atoms with Gasteiger partial charge in [-0.2, -0.15) is 8.42 Å². The second kappa shape index (κ2) is 15.1. The van der Waals surface area contributed by atoms with Crippen LogP contribution in [0.5, 0.6) is 0 Å². The van der Waals surface area contributed by atoms with Crippen LogP contribution in [0, 0.1) is 46.3 Å². The molecule has 0 heterocycles. The van der Waals surface area contributed by atoms with Crippen molar-refractivity contribution in [3.63, 3.8) is 0 Å². The molecular formula is C44H52O8S2. The summed E-state index contributed by atoms with van der Waals surface area (Å²) < 4.78 is 39.3. The third-order valence-electron chi connectivity index (χ3n) is 13.7. The Morgan fingerprint density at radius 1 is 0.796 bits per heavy atom. The highest BCUT2D eigenvalue weighted by atomic mass is 32.3. The molecule has 0 bridgehead atoms. The Labute approximate surface area is 321 Å². The van der Waals surface area contributed by atoms with Gasteiger partial charge in [0.1, 0.15) is 29.7 Å². The van der Waals surface area contributed by atoms with Crippen LogP contribution in [0.2, 0.25) is 0 Å². The minimum absolute atomic E-state index is 0.00782. The Balaban J connectivity index is 0.987. The molecule has 0 aliphatic heterocycles. The molecule has 7 rings (SSSR count). The average molecular weight is 773 g/mol. The van der Waals surface area contributed by atoms with Crippen molar-refractivity contribution in [2.75, 3.05) is 12.4 Å². The van der Waals surface area contributed by atoms with Crippen LogP contribution in [0.1, 0.15) is 78.6 Å². The van der Waals surface area contributed by atoms with Gasteiger partial charge in [0.15, 0.2) is 0 Å². The molecule has 3 aromatic carbocycles. The van der Waals surface area contributed by atoms with E-state index in [-0.39, 0.29) is 71.3 Å². The molecule has 4 aliphatic rings. The van der Waals surface area contributed by atoms with E-state index in [0.29, 0.717) is 32.1 Å². The van der Waals surface area contributed by atoms with Crippen LogP contribution in [0.25, 0.3) is 0 Å². The van der Waals surface area contributed by atoms with E-state index >= 15 is 0 Å². The van der Waals surface area contributed by atoms with Gasteiger partial charge in [0.05, 0.1) is 0 Å². The summed E-state index contributed by atoms with van der Waals surface area (Å²) in [4.78, 5) is 55.5. The molecule has 4 saturated carbocycles. The van der Waals surface area contributed by atoms with Crippen molar-refractivity contribution in [1.82, 2.24) is 0 Å². The number of benzene rings is 3. The third kappa shape index (κ3) is 6.92. The fourth-order valence-corrected chi connectivity index (χ4v) is 16.0. The van der Waals surface area contributed by atoms with Crippen LogP contribution < -0.4 is 0 Å². The van der Waals surface area contributed by atoms with E-state index in [4.69, 9.17) is 8.37 Å². The van der Waals surface area contributed by atoms with E-state index in [0.717, 1.165) is 33.9 Å². The standard InChI is InChI=1S/C44H52O8S2/c1-30(36-20-21-37-42-38(29-40(47)44(36,37)3)43(2)24-23-32(45)27-31(43)28-39(42)46)19-22-41(48)51-25-26-53(49,50)52-54(33-13-7-4-8-14-33,34-15-9-5-10-16-34)35-17-11-6-12-18-35/h4-18,30-31,36-38,42H,19-29H2,1-3H3. The maximum atomic E-state index is 14.2. The van der Waals surface area contributed by atoms with E-state index < -0.39 is 37.6 Å². The predicted octanol–water partition coefficient (Wildman–Crippen LogP) is 8.78. The lowest BCUT2D eigenvalue weighted by molar-refractivity contribution is -0.166. The smallest absolute Gasteiger partial charge is 0.305 e. The molecule has 0 spiro atoms. The highest BCUT2D eigenvalue weighted by Gasteiger charge is 2.66. The lowest BCUT2D eigenvalue weighted by atomic mass is 9.44. The summed E-state index contributed by atoms with van der Waals surface area (Å²) >= 11 is 0. The van der Waals surface area contributed by atoms with Crippen LogP contribution in [-0.2, 0) is 37.7 Å². The first-order chi connectivity index (χ1) is 25.8. The lowest BCUT2D eigenvalue weighted by Crippen LogP contribution is -2.60. The van der Waals surface area contributed by atoms with E-state index in [1.807, 2.05) is 91.0 Å². The summed E-state index contributed by atoms with van der Waals surface area (Å²) in [7, 11) is -6.91. The van der Waals surface area contributed by atoms with Gasteiger partial charge < -0.3 is 4.74 Å². The van der Waals surface area contributed by atoms with Gasteiger partial charge in [-0.1, -0.05) is 75.4 Å². The molecule has 10 heteroatoms. The van der Waals surface area contributed by atoms with Crippen molar-refractivity contribution in [2.24, 2.45) is 46.3 Å². The highest BCUT2D eigenvalue weighted by Crippen LogP contribution is 2.70. The molecule has 8 atom stereocenters. The summed E-state index contributed by atoms with van der Waals surface area (Å²) in [6.07, 6.45) is 4.78. The quantitative estimate of drug-likeness (QED) is 0.168. The van der Waals surface area contributed by atoms with Crippen LogP contribution in [0.3, 0.4) is 0 Å². The van der Waals surface area contributed by atoms with Gasteiger partial charge in [-0.05, 0) is 107 Å². The second-order valence-electron chi connectivity index (χ2n) is 16.5. The molecule has 8 nitrogen and oxygen atoms in total. The Bertz CT molecular complexity index is 1890. The van der Waals surface area contributed by atoms with Crippen molar-refractivity contribution < 1.29 is 36.0 Å². The molecule has 0 amide bonds. The molecule has 0 aromatic heterocycles. The minimum Gasteiger partial charge on any atom is -0.464 e. The molecule has 3 aromatic rings. The van der Waals surface area contributed by atoms with E-state index in [1.54, 1.807) is 0 Å². The monoisotopic (exact) mass is 772 g/mol. The number of hydrogen-bond acceptors (Lipinski definition) is 8. The summed E-state index contributed by atoms with van der Waals surface area (Å²) in [5, 5.41) is 0. The normalized spacial score (nSPS) is 30.5. The average Bonchev–Trinajstić information content (AvgIpc) is 3.53. The number of hydrogen-bond donors (Lipinski definition) is 0. The van der Waals surface area contributed by atoms with E-state index in [2.05, 4.69) is 20.8 Å². The maximum Gasteiger partial charge on any atom is 0.305 e. The molecular weight excluding hydrogens is 721 g/mol. The number of ketones is 3. The Morgan fingerprint density at radius 3 is 1.94 bits per heavy atom. The van der Waals surface area contributed by atoms with E-state index in [1.165, 1.54) is 0 Å². The fraction of sp³-hybridized carbons (Fsp3) is 0.500. The number of carbonyl (C=O) groups excluding carboxylic acids is 4. The second-order valence-corrected chi connectivity index (χ2v) is 21.1. The zero-order chi connectivity index (χ0) is 38.3. The van der Waals surface area contributed by atoms with Crippen LogP contribution >= 0.6 is 10.3 Å². The van der Waals surface area contributed by atoms with Crippen molar-refractivity contribution in [3.8, 4) is 0 Å². The van der Waals surface area contributed by atoms with Crippen molar-refractivity contribution in [1.29, 1.82) is 0 Å². The third-order valence-corrected chi connectivity index (χ3v) is 18.9. The maximum absolute atomic E-state index is 14.2. The fourth-order valence-electron chi connectivity index (χ4n) is 10.8. The first-order valence-electron chi connectivity index (χ1n) is 19.5. The largest absolute Gasteiger partial charge is 0.464 e. The molecule has 4 fully saturated rings. The Morgan fingerprint density at radius 2 is 1.37 bits per heavy atom. The molecule has 54 heavy (non-hydrogen) atoms. The summed E-state index contributed by atoms with van der Waals surface area (Å²) in [6, 6.07) is 28.0. The lowest BCUT2D eigenvalue weighted by Gasteiger charge is -2.58. The zero-order valence-corrected chi connectivity index (χ0v) is 33.1. The number of rotatable bonds is 12. The molecule has 8 unspecified atom stereocenters. The number of esters is 1. The number of fused-ring (bicyclic) bond motifs is 5. The van der Waals surface area contributed by atoms with Crippen molar-refractivity contribution in [3.05, 3.63) is 91.0 Å². The minimum atomic E-state index is -4.20. The van der Waals surface area contributed by atoms with Crippen LogP contribution in [-0.4, -0.2) is 44.1 Å². The highest BCUT2D eigenvalue weighted by molar-refractivity contribution is 8.33. The zero-order valence-electron chi connectivity index (χ0n) is 31.5. The molecule has 288 valence electrons. The number of ether oxygens (including phenoxy) is 1. The summed E-state index contributed by atoms with van der Waals surface area (Å²) in [5.74, 6) is -0.391. The predicted molar refractivity (Wildman–Crippen MR) is 207 cm³/mol. The Kier molecular flexibility index (Phi) is 10.8. The number of carbonyl (C=O) groups is 4. The van der Waals surface area contributed by atoms with Gasteiger partial charge in [0, 0.05) is 58.1 Å². The van der Waals surface area contributed by atoms with Crippen molar-refractivity contribution >= 4 is 43.7 Å². The van der Waals surface area contributed by atoms with Crippen molar-refractivity contribution in [2.45, 2.75) is 93.2 Å². The first-order valence-corrected chi connectivity index (χ1v) is 22.6. The summed E-state index contributed by atoms with van der Waals surface area (Å²) in [5.41, 5.74) is -0.798. The van der Waals surface area contributed by atoms with Gasteiger partial charge in [-0.3, -0.25) is 19.2 Å². The Hall–Kier alpha value is -3.60. The van der Waals surface area contributed by atoms with Crippen LogP contribution in [0.15, 0.2) is 106 Å². The molecule has 0 radical (unpaired) electrons. The first kappa shape index (κ1) is 38.7. The van der Waals surface area contributed by atoms with Gasteiger partial charge in [-0.15, -0.1) is 0 Å². The van der Waals surface area contributed by atoms with E-state index in [9.17, 15) is 27.6 Å². The van der Waals surface area contributed by atoms with Gasteiger partial charge in [0.25, 0.3) is 10.1 Å². The van der Waals surface area contributed by atoms with Gasteiger partial charge in [-0.25, -0.2) is 3.63 Å². The number of Topliss-reactive ketones (excluding diaryl/α,β-unsaturated/α-hetero) is 3. The van der Waals surface area contributed by atoms with Crippen LogP contribution in [0.4, 0.5) is 0 Å². The topological polar surface area (TPSA) is 121 Å². The summed E-state index contributed by atoms with van der Waals surface area (Å²) in [6.45, 7) is 6.01. The van der Waals surface area contributed by atoms with Gasteiger partial charge in [0.2, 0.25) is 0 Å². The SMILES string of the molecule is CC(CCC(=O)OCCS(=O)(=O)OS(c1ccccc1)(c1ccccc1)c1ccccc1)C1CCC2C3C(=O)CC4CC(=O)CCC4(C)C3CC(=O)C12C. The molecule has 4 aliphatic carbocycles. The van der Waals surface area contributed by atoms with Gasteiger partial charge >= 0.3 is 5.97 Å². The molecule has 0 saturated heterocycles. The molecule has 0 N–H and O–H groups in total.